The fourth-order valence-electron chi connectivity index (χ4n) is 7.23. The molecule has 200 valence electrons. The minimum absolute atomic E-state index is 0.0175. The molecule has 0 spiro atoms. The monoisotopic (exact) mass is 536 g/mol. The lowest BCUT2D eigenvalue weighted by molar-refractivity contribution is 0.0736. The maximum absolute atomic E-state index is 13.8. The molecule has 2 saturated carbocycles. The van der Waals surface area contributed by atoms with Gasteiger partial charge in [-0.2, -0.15) is 0 Å². The number of carbonyl (C=O) groups excluding carboxylic acids is 1. The molecule has 2 aliphatic rings. The zero-order valence-electron chi connectivity index (χ0n) is 23.2. The number of hydrogen-bond acceptors (Lipinski definition) is 3. The zero-order chi connectivity index (χ0) is 27.4. The van der Waals surface area contributed by atoms with Crippen LogP contribution in [0.1, 0.15) is 61.5 Å². The van der Waals surface area contributed by atoms with Gasteiger partial charge in [-0.1, -0.05) is 80.6 Å². The Bertz CT molecular complexity index is 1620. The van der Waals surface area contributed by atoms with Crippen molar-refractivity contribution in [2.45, 2.75) is 69.3 Å². The van der Waals surface area contributed by atoms with Crippen LogP contribution in [0.5, 0.6) is 0 Å². The van der Waals surface area contributed by atoms with Gasteiger partial charge in [0.2, 0.25) is 5.43 Å². The highest BCUT2D eigenvalue weighted by Crippen LogP contribution is 2.62. The molecule has 4 nitrogen and oxygen atoms in total. The van der Waals surface area contributed by atoms with Crippen LogP contribution >= 0.6 is 11.8 Å². The average molecular weight is 537 g/mol. The fourth-order valence-corrected chi connectivity index (χ4v) is 8.10. The molecule has 39 heavy (non-hydrogen) atoms. The van der Waals surface area contributed by atoms with Crippen LogP contribution in [0.3, 0.4) is 0 Å². The summed E-state index contributed by atoms with van der Waals surface area (Å²) in [6.45, 7) is 9.50. The van der Waals surface area contributed by atoms with Gasteiger partial charge in [0.15, 0.2) is 0 Å². The second-order valence-electron chi connectivity index (χ2n) is 12.4. The molecular formula is C34H36N2O2S. The van der Waals surface area contributed by atoms with E-state index in [0.29, 0.717) is 17.8 Å². The zero-order valence-corrected chi connectivity index (χ0v) is 24.0. The molecule has 3 aromatic carbocycles. The maximum Gasteiger partial charge on any atom is 0.257 e. The van der Waals surface area contributed by atoms with E-state index in [1.54, 1.807) is 18.0 Å². The van der Waals surface area contributed by atoms with Crippen molar-refractivity contribution in [2.24, 2.45) is 16.7 Å². The second-order valence-corrected chi connectivity index (χ2v) is 13.6. The van der Waals surface area contributed by atoms with Crippen molar-refractivity contribution in [1.29, 1.82) is 0 Å². The first-order valence-corrected chi connectivity index (χ1v) is 14.7. The molecule has 0 saturated heterocycles. The summed E-state index contributed by atoms with van der Waals surface area (Å²) >= 11 is 1.67. The summed E-state index contributed by atoms with van der Waals surface area (Å²) < 4.78 is 2.07. The van der Waals surface area contributed by atoms with E-state index in [0.717, 1.165) is 33.7 Å². The van der Waals surface area contributed by atoms with E-state index in [4.69, 9.17) is 0 Å². The fraction of sp³-hybridized carbons (Fsp3) is 0.353. The number of nitrogens with one attached hydrogen (secondary N) is 1. The van der Waals surface area contributed by atoms with Crippen molar-refractivity contribution in [3.8, 4) is 0 Å². The number of aryl methyl sites for hydroxylation is 1. The van der Waals surface area contributed by atoms with Crippen molar-refractivity contribution in [3.63, 3.8) is 0 Å². The number of pyridine rings is 1. The standard InChI is InChI=1S/C34H36N2O2S/c1-22-9-8-10-23(17-22)20-36-21-28(31(38)35-32-33(2,3)24-15-16-34(32,4)19-24)30(37)27-14-13-26(18-29(27)36)39-25-11-6-5-7-12-25/h5-14,17-18,21,24,32H,15-16,19-20H2,1-4H3,(H,35,38)/t24-,32+,34+/m0/s1. The van der Waals surface area contributed by atoms with E-state index in [1.165, 1.54) is 12.0 Å². The molecule has 4 aromatic rings. The largest absolute Gasteiger partial charge is 0.348 e. The maximum atomic E-state index is 13.8. The number of carbonyl (C=O) groups is 1. The van der Waals surface area contributed by atoms with Crippen LogP contribution in [0.15, 0.2) is 93.6 Å². The predicted molar refractivity (Wildman–Crippen MR) is 160 cm³/mol. The first-order valence-electron chi connectivity index (χ1n) is 13.9. The number of nitrogens with zero attached hydrogens (tertiary/aromatic N) is 1. The highest BCUT2D eigenvalue weighted by atomic mass is 32.2. The molecule has 1 aromatic heterocycles. The molecule has 0 unspecified atom stereocenters. The minimum atomic E-state index is -0.255. The van der Waals surface area contributed by atoms with Crippen LogP contribution in [0.25, 0.3) is 10.9 Å². The Hall–Kier alpha value is -3.31. The topological polar surface area (TPSA) is 51.1 Å². The molecule has 2 fully saturated rings. The number of amides is 1. The summed E-state index contributed by atoms with van der Waals surface area (Å²) in [6, 6.07) is 24.6. The number of benzene rings is 3. The van der Waals surface area contributed by atoms with E-state index >= 15 is 0 Å². The summed E-state index contributed by atoms with van der Waals surface area (Å²) in [5, 5.41) is 3.93. The van der Waals surface area contributed by atoms with E-state index in [1.807, 2.05) is 30.3 Å². The van der Waals surface area contributed by atoms with Gasteiger partial charge in [0.25, 0.3) is 5.91 Å². The molecule has 2 bridgehead atoms. The van der Waals surface area contributed by atoms with E-state index in [2.05, 4.69) is 80.0 Å². The second kappa shape index (κ2) is 9.71. The van der Waals surface area contributed by atoms with Gasteiger partial charge in [0.05, 0.1) is 5.52 Å². The number of fused-ring (bicyclic) bond motifs is 3. The third-order valence-electron chi connectivity index (χ3n) is 9.26. The van der Waals surface area contributed by atoms with Gasteiger partial charge in [-0.05, 0) is 78.8 Å². The minimum Gasteiger partial charge on any atom is -0.348 e. The quantitative estimate of drug-likeness (QED) is 0.278. The van der Waals surface area contributed by atoms with Crippen LogP contribution in [0.2, 0.25) is 0 Å². The van der Waals surface area contributed by atoms with E-state index in [9.17, 15) is 9.59 Å². The molecule has 2 aliphatic carbocycles. The molecule has 1 amide bonds. The molecule has 6 rings (SSSR count). The third kappa shape index (κ3) is 4.71. The Morgan fingerprint density at radius 3 is 2.51 bits per heavy atom. The Morgan fingerprint density at radius 2 is 1.79 bits per heavy atom. The SMILES string of the molecule is Cc1cccc(Cn2cc(C(=O)N[C@@H]3C(C)(C)[C@H]4CC[C@]3(C)C4)c(=O)c3ccc(Sc4ccccc4)cc32)c1. The summed E-state index contributed by atoms with van der Waals surface area (Å²) in [5.74, 6) is 0.359. The smallest absolute Gasteiger partial charge is 0.257 e. The lowest BCUT2D eigenvalue weighted by Crippen LogP contribution is -2.53. The normalized spacial score (nSPS) is 23.3. The summed E-state index contributed by atoms with van der Waals surface area (Å²) in [5.41, 5.74) is 3.28. The van der Waals surface area contributed by atoms with Crippen LogP contribution < -0.4 is 10.7 Å². The van der Waals surface area contributed by atoms with Gasteiger partial charge in [0.1, 0.15) is 5.56 Å². The first kappa shape index (κ1) is 25.9. The summed E-state index contributed by atoms with van der Waals surface area (Å²) in [7, 11) is 0. The summed E-state index contributed by atoms with van der Waals surface area (Å²) in [6.07, 6.45) is 5.27. The average Bonchev–Trinajstić information content (AvgIpc) is 3.40. The van der Waals surface area contributed by atoms with Crippen LogP contribution in [-0.2, 0) is 6.54 Å². The molecule has 0 aliphatic heterocycles. The van der Waals surface area contributed by atoms with Gasteiger partial charge >= 0.3 is 0 Å². The predicted octanol–water partition coefficient (Wildman–Crippen LogP) is 7.45. The molecule has 3 atom stereocenters. The lowest BCUT2D eigenvalue weighted by atomic mass is 9.68. The van der Waals surface area contributed by atoms with E-state index in [-0.39, 0.29) is 33.8 Å². The highest BCUT2D eigenvalue weighted by Gasteiger charge is 2.59. The van der Waals surface area contributed by atoms with Gasteiger partial charge < -0.3 is 9.88 Å². The molecule has 1 heterocycles. The van der Waals surface area contributed by atoms with E-state index < -0.39 is 0 Å². The number of rotatable bonds is 6. The number of hydrogen-bond donors (Lipinski definition) is 1. The third-order valence-corrected chi connectivity index (χ3v) is 10.3. The lowest BCUT2D eigenvalue weighted by Gasteiger charge is -2.43. The van der Waals surface area contributed by atoms with Crippen molar-refractivity contribution < 1.29 is 4.79 Å². The van der Waals surface area contributed by atoms with Crippen molar-refractivity contribution in [1.82, 2.24) is 9.88 Å². The van der Waals surface area contributed by atoms with Crippen LogP contribution in [0, 0.1) is 23.7 Å². The Morgan fingerprint density at radius 1 is 1.00 bits per heavy atom. The van der Waals surface area contributed by atoms with Crippen molar-refractivity contribution in [3.05, 3.63) is 106 Å². The molecule has 0 radical (unpaired) electrons. The Kier molecular flexibility index (Phi) is 6.46. The summed E-state index contributed by atoms with van der Waals surface area (Å²) in [4.78, 5) is 29.8. The van der Waals surface area contributed by atoms with Crippen molar-refractivity contribution in [2.75, 3.05) is 0 Å². The molecule has 5 heteroatoms. The van der Waals surface area contributed by atoms with Gasteiger partial charge in [-0.15, -0.1) is 0 Å². The van der Waals surface area contributed by atoms with Gasteiger partial charge in [-0.25, -0.2) is 0 Å². The molecular weight excluding hydrogens is 500 g/mol. The highest BCUT2D eigenvalue weighted by molar-refractivity contribution is 7.99. The Labute approximate surface area is 234 Å². The first-order chi connectivity index (χ1) is 18.6. The Balaban J connectivity index is 1.41. The van der Waals surface area contributed by atoms with Crippen LogP contribution in [-0.4, -0.2) is 16.5 Å². The van der Waals surface area contributed by atoms with Gasteiger partial charge in [-0.3, -0.25) is 9.59 Å². The number of aromatic nitrogens is 1. The van der Waals surface area contributed by atoms with Crippen LogP contribution in [0.4, 0.5) is 0 Å². The molecule has 1 N–H and O–H groups in total. The van der Waals surface area contributed by atoms with Gasteiger partial charge in [0, 0.05) is 34.0 Å². The van der Waals surface area contributed by atoms with Crippen molar-refractivity contribution >= 4 is 28.6 Å².